The standard InChI is InChI=1S/C17H14F4N2O2/c1-10(24)23(8-11-2-4-12(18)5-3-11)9-15(25)22-14-7-6-13(19)16(20)17(14)21/h2-7H,8-9H2,1H3,(H,22,25). The van der Waals surface area contributed by atoms with Crippen LogP contribution in [0.2, 0.25) is 0 Å². The number of amides is 2. The number of hydrogen-bond acceptors (Lipinski definition) is 2. The van der Waals surface area contributed by atoms with E-state index in [4.69, 9.17) is 0 Å². The van der Waals surface area contributed by atoms with Gasteiger partial charge in [0.25, 0.3) is 0 Å². The monoisotopic (exact) mass is 354 g/mol. The molecule has 132 valence electrons. The van der Waals surface area contributed by atoms with Crippen LogP contribution in [0.15, 0.2) is 36.4 Å². The second kappa shape index (κ2) is 7.78. The number of benzene rings is 2. The van der Waals surface area contributed by atoms with E-state index in [-0.39, 0.29) is 6.54 Å². The van der Waals surface area contributed by atoms with E-state index in [1.54, 1.807) is 0 Å². The molecule has 8 heteroatoms. The van der Waals surface area contributed by atoms with E-state index in [2.05, 4.69) is 5.32 Å². The fraction of sp³-hybridized carbons (Fsp3) is 0.176. The van der Waals surface area contributed by atoms with Gasteiger partial charge in [0, 0.05) is 13.5 Å². The van der Waals surface area contributed by atoms with Crippen LogP contribution in [0.5, 0.6) is 0 Å². The smallest absolute Gasteiger partial charge is 0.244 e. The molecule has 0 fully saturated rings. The van der Waals surface area contributed by atoms with Gasteiger partial charge in [0.05, 0.1) is 5.69 Å². The van der Waals surface area contributed by atoms with Crippen molar-refractivity contribution in [2.75, 3.05) is 11.9 Å². The first-order valence-corrected chi connectivity index (χ1v) is 7.21. The van der Waals surface area contributed by atoms with Crippen LogP contribution in [0, 0.1) is 23.3 Å². The van der Waals surface area contributed by atoms with E-state index < -0.39 is 47.3 Å². The van der Waals surface area contributed by atoms with E-state index in [1.807, 2.05) is 0 Å². The van der Waals surface area contributed by atoms with Gasteiger partial charge in [0.2, 0.25) is 11.8 Å². The highest BCUT2D eigenvalue weighted by atomic mass is 19.2. The minimum Gasteiger partial charge on any atom is -0.329 e. The summed E-state index contributed by atoms with van der Waals surface area (Å²) in [5.41, 5.74) is 0.0533. The highest BCUT2D eigenvalue weighted by Crippen LogP contribution is 2.19. The van der Waals surface area contributed by atoms with Crippen molar-refractivity contribution in [3.05, 3.63) is 65.2 Å². The van der Waals surface area contributed by atoms with Crippen molar-refractivity contribution in [3.8, 4) is 0 Å². The summed E-state index contributed by atoms with van der Waals surface area (Å²) in [6.45, 7) is 0.823. The Bertz CT molecular complexity index is 794. The molecule has 2 aromatic carbocycles. The lowest BCUT2D eigenvalue weighted by Crippen LogP contribution is -2.36. The first-order valence-electron chi connectivity index (χ1n) is 7.21. The molecule has 2 rings (SSSR count). The summed E-state index contributed by atoms with van der Waals surface area (Å²) in [6, 6.07) is 6.89. The lowest BCUT2D eigenvalue weighted by molar-refractivity contribution is -0.133. The van der Waals surface area contributed by atoms with Crippen molar-refractivity contribution in [2.45, 2.75) is 13.5 Å². The van der Waals surface area contributed by atoms with E-state index >= 15 is 0 Å². The molecule has 0 aromatic heterocycles. The lowest BCUT2D eigenvalue weighted by Gasteiger charge is -2.20. The molecule has 2 amide bonds. The maximum Gasteiger partial charge on any atom is 0.244 e. The molecule has 0 saturated carbocycles. The van der Waals surface area contributed by atoms with Crippen molar-refractivity contribution in [1.82, 2.24) is 4.90 Å². The number of halogens is 4. The number of nitrogens with zero attached hydrogens (tertiary/aromatic N) is 1. The summed E-state index contributed by atoms with van der Waals surface area (Å²) in [7, 11) is 0. The highest BCUT2D eigenvalue weighted by molar-refractivity contribution is 5.94. The number of rotatable bonds is 5. The van der Waals surface area contributed by atoms with Crippen molar-refractivity contribution in [2.24, 2.45) is 0 Å². The molecule has 0 radical (unpaired) electrons. The molecule has 0 saturated heterocycles. The second-order valence-corrected chi connectivity index (χ2v) is 5.27. The molecule has 0 aliphatic heterocycles. The first-order chi connectivity index (χ1) is 11.8. The second-order valence-electron chi connectivity index (χ2n) is 5.27. The molecular formula is C17H14F4N2O2. The quantitative estimate of drug-likeness (QED) is 0.662. The normalized spacial score (nSPS) is 10.4. The molecule has 0 heterocycles. The van der Waals surface area contributed by atoms with Crippen LogP contribution in [-0.2, 0) is 16.1 Å². The molecule has 25 heavy (non-hydrogen) atoms. The fourth-order valence-electron chi connectivity index (χ4n) is 2.07. The summed E-state index contributed by atoms with van der Waals surface area (Å²) >= 11 is 0. The average Bonchev–Trinajstić information content (AvgIpc) is 2.56. The average molecular weight is 354 g/mol. The zero-order valence-electron chi connectivity index (χ0n) is 13.2. The summed E-state index contributed by atoms with van der Waals surface area (Å²) in [5.74, 6) is -6.27. The van der Waals surface area contributed by atoms with Gasteiger partial charge in [-0.2, -0.15) is 0 Å². The molecule has 2 aromatic rings. The molecule has 4 nitrogen and oxygen atoms in total. The van der Waals surface area contributed by atoms with Gasteiger partial charge in [0.15, 0.2) is 17.5 Å². The molecule has 1 N–H and O–H groups in total. The van der Waals surface area contributed by atoms with Crippen LogP contribution in [0.3, 0.4) is 0 Å². The maximum absolute atomic E-state index is 13.6. The fourth-order valence-corrected chi connectivity index (χ4v) is 2.07. The Balaban J connectivity index is 2.06. The largest absolute Gasteiger partial charge is 0.329 e. The Morgan fingerprint density at radius 2 is 1.60 bits per heavy atom. The SMILES string of the molecule is CC(=O)N(CC(=O)Nc1ccc(F)c(F)c1F)Cc1ccc(F)cc1. The Hall–Kier alpha value is -2.90. The van der Waals surface area contributed by atoms with Gasteiger partial charge in [0.1, 0.15) is 12.4 Å². The van der Waals surface area contributed by atoms with Crippen LogP contribution < -0.4 is 5.32 Å². The molecule has 0 aliphatic carbocycles. The number of anilines is 1. The Labute approximate surface area is 141 Å². The van der Waals surface area contributed by atoms with Crippen LogP contribution in [-0.4, -0.2) is 23.3 Å². The van der Waals surface area contributed by atoms with Crippen LogP contribution >= 0.6 is 0 Å². The summed E-state index contributed by atoms with van der Waals surface area (Å²) in [5, 5.41) is 2.08. The van der Waals surface area contributed by atoms with E-state index in [0.717, 1.165) is 11.0 Å². The first kappa shape index (κ1) is 18.4. The molecule has 0 aliphatic rings. The van der Waals surface area contributed by atoms with Crippen molar-refractivity contribution >= 4 is 17.5 Å². The number of carbonyl (C=O) groups excluding carboxylic acids is 2. The number of hydrogen-bond donors (Lipinski definition) is 1. The zero-order valence-corrected chi connectivity index (χ0v) is 13.2. The predicted octanol–water partition coefficient (Wildman–Crippen LogP) is 3.23. The minimum atomic E-state index is -1.70. The minimum absolute atomic E-state index is 0.0310. The predicted molar refractivity (Wildman–Crippen MR) is 82.4 cm³/mol. The van der Waals surface area contributed by atoms with Crippen molar-refractivity contribution in [3.63, 3.8) is 0 Å². The van der Waals surface area contributed by atoms with Gasteiger partial charge in [-0.05, 0) is 29.8 Å². The Morgan fingerprint density at radius 3 is 2.20 bits per heavy atom. The third-order valence-corrected chi connectivity index (χ3v) is 3.38. The van der Waals surface area contributed by atoms with Gasteiger partial charge < -0.3 is 10.2 Å². The van der Waals surface area contributed by atoms with Crippen molar-refractivity contribution in [1.29, 1.82) is 0 Å². The molecule has 0 spiro atoms. The molecular weight excluding hydrogens is 340 g/mol. The van der Waals surface area contributed by atoms with Gasteiger partial charge in [-0.25, -0.2) is 17.6 Å². The molecule has 0 atom stereocenters. The van der Waals surface area contributed by atoms with Crippen LogP contribution in [0.1, 0.15) is 12.5 Å². The Morgan fingerprint density at radius 1 is 0.960 bits per heavy atom. The number of carbonyl (C=O) groups is 2. The van der Waals surface area contributed by atoms with Crippen molar-refractivity contribution < 1.29 is 27.2 Å². The van der Waals surface area contributed by atoms with E-state index in [0.29, 0.717) is 11.6 Å². The van der Waals surface area contributed by atoms with E-state index in [1.165, 1.54) is 31.2 Å². The highest BCUT2D eigenvalue weighted by Gasteiger charge is 2.18. The summed E-state index contributed by atoms with van der Waals surface area (Å²) in [6.07, 6.45) is 0. The third-order valence-electron chi connectivity index (χ3n) is 3.38. The van der Waals surface area contributed by atoms with Crippen LogP contribution in [0.4, 0.5) is 23.2 Å². The van der Waals surface area contributed by atoms with Gasteiger partial charge in [-0.1, -0.05) is 12.1 Å². The summed E-state index contributed by atoms with van der Waals surface area (Å²) < 4.78 is 52.5. The van der Waals surface area contributed by atoms with Gasteiger partial charge in [-0.15, -0.1) is 0 Å². The number of nitrogens with one attached hydrogen (secondary N) is 1. The molecule has 0 unspecified atom stereocenters. The van der Waals surface area contributed by atoms with Gasteiger partial charge in [-0.3, -0.25) is 9.59 Å². The van der Waals surface area contributed by atoms with Gasteiger partial charge >= 0.3 is 0 Å². The summed E-state index contributed by atoms with van der Waals surface area (Å²) in [4.78, 5) is 24.8. The Kier molecular flexibility index (Phi) is 5.74. The topological polar surface area (TPSA) is 49.4 Å². The van der Waals surface area contributed by atoms with Crippen LogP contribution in [0.25, 0.3) is 0 Å². The lowest BCUT2D eigenvalue weighted by atomic mass is 10.2. The third kappa shape index (κ3) is 4.79. The zero-order chi connectivity index (χ0) is 18.6. The molecule has 0 bridgehead atoms. The maximum atomic E-state index is 13.6. The van der Waals surface area contributed by atoms with E-state index in [9.17, 15) is 27.2 Å².